The molecule has 5 aromatic rings. The first-order valence-electron chi connectivity index (χ1n) is 32.4. The number of nitrogens with one attached hydrogen (secondary N) is 8. The topological polar surface area (TPSA) is 507 Å². The fourth-order valence-corrected chi connectivity index (χ4v) is 11.0. The van der Waals surface area contributed by atoms with Crippen LogP contribution >= 0.6 is 0 Å². The third-order valence-electron chi connectivity index (χ3n) is 16.1. The van der Waals surface area contributed by atoms with E-state index in [1.807, 2.05) is 36.4 Å². The number of carboxylic acid groups (broad SMARTS) is 3. The fraction of sp³-hybridized carbons (Fsp3) is 0.352. The summed E-state index contributed by atoms with van der Waals surface area (Å²) in [6, 6.07) is 33.3. The van der Waals surface area contributed by atoms with Gasteiger partial charge in [-0.1, -0.05) is 104 Å². The molecule has 102 heavy (non-hydrogen) atoms. The summed E-state index contributed by atoms with van der Waals surface area (Å²) >= 11 is 0. The Labute approximate surface area is 588 Å². The van der Waals surface area contributed by atoms with Gasteiger partial charge in [0, 0.05) is 87.5 Å². The van der Waals surface area contributed by atoms with Crippen LogP contribution in [0.3, 0.4) is 0 Å². The first-order valence-corrected chi connectivity index (χ1v) is 32.4. The summed E-state index contributed by atoms with van der Waals surface area (Å²) in [4.78, 5) is 96.7. The molecule has 0 bridgehead atoms. The zero-order valence-electron chi connectivity index (χ0n) is 56.4. The van der Waals surface area contributed by atoms with Crippen LogP contribution in [0, 0.1) is 21.6 Å². The highest BCUT2D eigenvalue weighted by Gasteiger charge is 2.42. The summed E-state index contributed by atoms with van der Waals surface area (Å²) in [6.07, 6.45) is 3.11. The average molecular weight is 1410 g/mol. The molecule has 4 saturated heterocycles. The zero-order valence-corrected chi connectivity index (χ0v) is 56.4. The van der Waals surface area contributed by atoms with E-state index < -0.39 is 60.0 Å². The van der Waals surface area contributed by atoms with E-state index in [0.29, 0.717) is 104 Å². The maximum Gasteiger partial charge on any atom is 0.329 e. The number of carbonyl (C=O) groups is 8. The molecule has 0 aromatic heterocycles. The Morgan fingerprint density at radius 3 is 1.34 bits per heavy atom. The van der Waals surface area contributed by atoms with Crippen molar-refractivity contribution in [2.75, 3.05) is 39.4 Å². The van der Waals surface area contributed by atoms with Gasteiger partial charge in [0.15, 0.2) is 0 Å². The lowest BCUT2D eigenvalue weighted by Gasteiger charge is -2.22. The Kier molecular flexibility index (Phi) is 30.5. The molecule has 0 saturated carbocycles. The van der Waals surface area contributed by atoms with Crippen LogP contribution in [0.25, 0.3) is 0 Å². The van der Waals surface area contributed by atoms with Gasteiger partial charge in [0.25, 0.3) is 0 Å². The maximum atomic E-state index is 12.5. The number of carboxylic acids is 3. The van der Waals surface area contributed by atoms with E-state index in [2.05, 4.69) is 39.3 Å². The number of nitrogens with two attached hydrogens (primary N) is 4. The number of nitrogen functional groups attached to an aromatic ring is 4. The molecular weight excluding hydrogens is 1320 g/mol. The third kappa shape index (κ3) is 25.2. The number of hydrogen-bond donors (Lipinski definition) is 15. The number of esters is 2. The van der Waals surface area contributed by atoms with Crippen LogP contribution in [0.15, 0.2) is 153 Å². The third-order valence-corrected chi connectivity index (χ3v) is 16.1. The second-order valence-corrected chi connectivity index (χ2v) is 23.9. The maximum absolute atomic E-state index is 12.5. The molecule has 0 spiro atoms. The predicted molar refractivity (Wildman–Crippen MR) is 375 cm³/mol. The molecule has 0 radical (unpaired) electrons. The second kappa shape index (κ2) is 39.2. The van der Waals surface area contributed by atoms with Crippen molar-refractivity contribution in [1.82, 2.24) is 31.1 Å². The highest BCUT2D eigenvalue weighted by atomic mass is 16.5. The molecule has 4 fully saturated rings. The van der Waals surface area contributed by atoms with Crippen LogP contribution in [0.5, 0.6) is 23.0 Å². The van der Waals surface area contributed by atoms with Crippen molar-refractivity contribution >= 4 is 70.9 Å². The summed E-state index contributed by atoms with van der Waals surface area (Å²) in [7, 11) is 0. The van der Waals surface area contributed by atoms with Crippen LogP contribution in [0.4, 0.5) is 0 Å². The number of amides is 3. The van der Waals surface area contributed by atoms with Crippen molar-refractivity contribution in [3.63, 3.8) is 0 Å². The standard InChI is InChI=1S/C22H25N3O3.C17H22N4O6.C17H21N3O4.C15H20N4O4/c1-2-11-27-22(26)20-13-19(15-25(20)14-16-7-4-3-5-8-16)28-18-10-6-9-17(12-18)21(23)24;18-15(19)9-2-1-3-10(6-9)27-11-7-13(20-8-11)16(24)21-12(17(25)26)4-5-14(22)23;1-3-7-23-17(22)15-9-14(10-20(15)11(2)21)24-13-6-4-5-12(8-13)16(18)19;1-8(15(21)22)19-14(20)12-6-11(7-18-12)23-10-4-2-3-9(5-10)13(16)17/h2-10,12,19-20H,1,11,13-15H2,(H3,23,24);1-3,6,11-13,20H,4-5,7-8H2,(H3,18,19)(H,21,24)(H,22,23)(H,25,26);3-6,8,14-15H,1,7,9-10H2,2H3,(H3,18,19);2-5,8,11-12,18H,6-7H2,1H3,(H3,16,17)(H,19,20)(H,21,22)/t19-,20+;11-,12+,13+;14-,15+;8-,11+,12-/m1110/s1. The number of likely N-dealkylation sites (tertiary alicyclic amines) is 2. The van der Waals surface area contributed by atoms with Crippen molar-refractivity contribution < 1.29 is 82.1 Å². The number of carbonyl (C=O) groups excluding carboxylic acids is 5. The molecule has 31 nitrogen and oxygen atoms in total. The Morgan fingerprint density at radius 1 is 0.549 bits per heavy atom. The first kappa shape index (κ1) is 79.3. The van der Waals surface area contributed by atoms with Crippen molar-refractivity contribution in [2.24, 2.45) is 22.9 Å². The Morgan fingerprint density at radius 2 is 0.951 bits per heavy atom. The Hall–Kier alpha value is -11.7. The van der Waals surface area contributed by atoms with Gasteiger partial charge in [-0.25, -0.2) is 9.59 Å². The van der Waals surface area contributed by atoms with Gasteiger partial charge < -0.3 is 92.8 Å². The molecule has 19 N–H and O–H groups in total. The summed E-state index contributed by atoms with van der Waals surface area (Å²) in [5.41, 5.74) is 25.3. The lowest BCUT2D eigenvalue weighted by Crippen LogP contribution is -2.48. The largest absolute Gasteiger partial charge is 0.489 e. The summed E-state index contributed by atoms with van der Waals surface area (Å²) in [5, 5.41) is 67.2. The van der Waals surface area contributed by atoms with Crippen LogP contribution in [0.1, 0.15) is 80.2 Å². The van der Waals surface area contributed by atoms with Crippen LogP contribution in [-0.2, 0) is 54.4 Å². The van der Waals surface area contributed by atoms with E-state index >= 15 is 0 Å². The van der Waals surface area contributed by atoms with E-state index in [4.69, 9.17) is 88.3 Å². The van der Waals surface area contributed by atoms with Crippen LogP contribution < -0.4 is 63.1 Å². The van der Waals surface area contributed by atoms with Crippen molar-refractivity contribution in [2.45, 2.75) is 120 Å². The smallest absolute Gasteiger partial charge is 0.329 e. The van der Waals surface area contributed by atoms with E-state index in [-0.39, 0.29) is 97.6 Å². The lowest BCUT2D eigenvalue weighted by atomic mass is 10.1. The molecule has 10 atom stereocenters. The molecule has 0 unspecified atom stereocenters. The monoisotopic (exact) mass is 1410 g/mol. The van der Waals surface area contributed by atoms with Gasteiger partial charge in [0.1, 0.15) is 108 Å². The van der Waals surface area contributed by atoms with Gasteiger partial charge in [-0.15, -0.1) is 0 Å². The van der Waals surface area contributed by atoms with E-state index in [1.54, 1.807) is 97.1 Å². The molecule has 31 heteroatoms. The minimum Gasteiger partial charge on any atom is -0.489 e. The summed E-state index contributed by atoms with van der Waals surface area (Å²) in [6.45, 7) is 12.6. The van der Waals surface area contributed by atoms with Gasteiger partial charge in [-0.05, 0) is 67.4 Å². The van der Waals surface area contributed by atoms with E-state index in [9.17, 15) is 38.4 Å². The summed E-state index contributed by atoms with van der Waals surface area (Å²) in [5.74, 6) is -3.22. The van der Waals surface area contributed by atoms with Gasteiger partial charge in [0.2, 0.25) is 17.7 Å². The van der Waals surface area contributed by atoms with Gasteiger partial charge in [0.05, 0.1) is 18.6 Å². The average Bonchev–Trinajstić information content (AvgIpc) is 1.69. The zero-order chi connectivity index (χ0) is 74.6. The van der Waals surface area contributed by atoms with Gasteiger partial charge in [-0.3, -0.25) is 55.3 Å². The summed E-state index contributed by atoms with van der Waals surface area (Å²) < 4.78 is 33.9. The normalized spacial score (nSPS) is 20.0. The number of ether oxygens (including phenoxy) is 6. The SMILES string of the molecule is C=CCOC(=O)[C@@H]1C[C@@H](Oc2cccc(C(=N)N)c2)CN1C(C)=O.C=CCOC(=O)[C@@H]1C[C@@H](Oc2cccc(C(=N)N)c2)CN1Cc1ccccc1.C[C@H](NC(=O)[C@@H]1C[C@@H](Oc2cccc(C(=N)N)c2)CN1)C(=O)O.N=C(N)c1cccc(O[C@H]2CN[C@H](C(=O)N[C@@H](CCC(=O)O)C(=O)O)C2)c1. The van der Waals surface area contributed by atoms with Crippen LogP contribution in [-0.4, -0.2) is 196 Å². The minimum absolute atomic E-state index is 0.00606. The quantitative estimate of drug-likeness (QED) is 0.0142. The predicted octanol–water partition coefficient (Wildman–Crippen LogP) is 2.97. The molecule has 9 rings (SSSR count). The number of amidine groups is 4. The van der Waals surface area contributed by atoms with Gasteiger partial charge >= 0.3 is 29.8 Å². The second-order valence-electron chi connectivity index (χ2n) is 23.9. The van der Waals surface area contributed by atoms with Crippen molar-refractivity contribution in [3.05, 3.63) is 181 Å². The first-order chi connectivity index (χ1) is 48.6. The van der Waals surface area contributed by atoms with Gasteiger partial charge in [-0.2, -0.15) is 0 Å². The molecule has 4 aliphatic heterocycles. The molecule has 4 aliphatic rings. The number of rotatable bonds is 29. The van der Waals surface area contributed by atoms with Crippen molar-refractivity contribution in [3.8, 4) is 23.0 Å². The number of nitrogens with zero attached hydrogens (tertiary/aromatic N) is 2. The number of aliphatic carboxylic acids is 3. The van der Waals surface area contributed by atoms with E-state index in [1.165, 1.54) is 24.8 Å². The van der Waals surface area contributed by atoms with Crippen molar-refractivity contribution in [1.29, 1.82) is 21.6 Å². The number of hydrogen-bond acceptors (Lipinski definition) is 21. The molecule has 4 heterocycles. The highest BCUT2D eigenvalue weighted by molar-refractivity contribution is 5.97. The minimum atomic E-state index is -1.28. The Balaban J connectivity index is 0.000000214. The molecule has 0 aliphatic carbocycles. The van der Waals surface area contributed by atoms with Crippen LogP contribution in [0.2, 0.25) is 0 Å². The molecular formula is C71H88N14O17. The number of benzene rings is 5. The molecule has 544 valence electrons. The van der Waals surface area contributed by atoms with E-state index in [0.717, 1.165) is 5.56 Å². The molecule has 3 amide bonds. The fourth-order valence-electron chi connectivity index (χ4n) is 11.0. The lowest BCUT2D eigenvalue weighted by molar-refractivity contribution is -0.151. The molecule has 5 aromatic carbocycles. The highest BCUT2D eigenvalue weighted by Crippen LogP contribution is 2.29. The Bertz CT molecular complexity index is 3820.